The predicted molar refractivity (Wildman–Crippen MR) is 117 cm³/mol. The molecule has 3 heteroatoms. The van der Waals surface area contributed by atoms with Crippen molar-refractivity contribution >= 4 is 41.0 Å². The summed E-state index contributed by atoms with van der Waals surface area (Å²) in [4.78, 5) is 0. The van der Waals surface area contributed by atoms with Crippen molar-refractivity contribution in [1.82, 2.24) is 0 Å². The van der Waals surface area contributed by atoms with Crippen molar-refractivity contribution in [3.8, 4) is 0 Å². The van der Waals surface area contributed by atoms with Crippen molar-refractivity contribution < 1.29 is 0 Å². The fourth-order valence-electron chi connectivity index (χ4n) is 3.51. The highest BCUT2D eigenvalue weighted by Crippen LogP contribution is 2.47. The van der Waals surface area contributed by atoms with Crippen LogP contribution in [0.2, 0.25) is 0 Å². The molecule has 0 aromatic heterocycles. The summed E-state index contributed by atoms with van der Waals surface area (Å²) in [6.45, 7) is 9.45. The molecule has 25 heavy (non-hydrogen) atoms. The summed E-state index contributed by atoms with van der Waals surface area (Å²) < 4.78 is 0. The van der Waals surface area contributed by atoms with Crippen LogP contribution in [-0.2, 0) is 0 Å². The molecule has 0 heterocycles. The molecule has 2 aromatic carbocycles. The molecule has 0 radical (unpaired) electrons. The lowest BCUT2D eigenvalue weighted by Gasteiger charge is -2.34. The zero-order chi connectivity index (χ0) is 18.4. The van der Waals surface area contributed by atoms with Crippen molar-refractivity contribution in [2.75, 3.05) is 0 Å². The molecule has 2 aromatic rings. The van der Waals surface area contributed by atoms with Crippen LogP contribution in [0.25, 0.3) is 12.2 Å². The average Bonchev–Trinajstić information content (AvgIpc) is 2.62. The zero-order valence-electron chi connectivity index (χ0n) is 15.0. The van der Waals surface area contributed by atoms with Gasteiger partial charge in [-0.15, -0.1) is 22.2 Å². The van der Waals surface area contributed by atoms with Crippen LogP contribution in [0.15, 0.2) is 61.7 Å². The van der Waals surface area contributed by atoms with Gasteiger partial charge in [-0.2, -0.15) is 0 Å². The van der Waals surface area contributed by atoms with E-state index in [1.807, 2.05) is 12.2 Å². The number of halogens is 2. The minimum atomic E-state index is -2.64. The SMILES string of the molecule is C=Cc1cccc(C(CC)[Si](Cl)(Cl)C(CC)c2cccc(C=C)c2)c1. The lowest BCUT2D eigenvalue weighted by atomic mass is 10.1. The quantitative estimate of drug-likeness (QED) is 0.321. The van der Waals surface area contributed by atoms with Gasteiger partial charge < -0.3 is 0 Å². The monoisotopic (exact) mass is 388 g/mol. The Kier molecular flexibility index (Phi) is 7.12. The van der Waals surface area contributed by atoms with Gasteiger partial charge in [-0.25, -0.2) is 0 Å². The van der Waals surface area contributed by atoms with E-state index in [2.05, 4.69) is 75.5 Å². The maximum Gasteiger partial charge on any atom is 0.265 e. The third kappa shape index (κ3) is 4.47. The Bertz CT molecular complexity index is 675. The van der Waals surface area contributed by atoms with Gasteiger partial charge in [-0.1, -0.05) is 87.7 Å². The normalized spacial score (nSPS) is 13.9. The molecular weight excluding hydrogens is 363 g/mol. The summed E-state index contributed by atoms with van der Waals surface area (Å²) in [5.41, 5.74) is 5.00. The molecule has 0 saturated carbocycles. The van der Waals surface area contributed by atoms with Crippen LogP contribution in [-0.4, -0.2) is 6.69 Å². The van der Waals surface area contributed by atoms with Crippen molar-refractivity contribution in [2.45, 2.75) is 37.8 Å². The molecule has 0 aliphatic carbocycles. The number of benzene rings is 2. The molecule has 0 aliphatic heterocycles. The number of hydrogen-bond donors (Lipinski definition) is 0. The highest BCUT2D eigenvalue weighted by molar-refractivity contribution is 7.46. The Balaban J connectivity index is 2.46. The Labute approximate surface area is 162 Å². The summed E-state index contributed by atoms with van der Waals surface area (Å²) in [5, 5.41) is 0. The molecule has 0 spiro atoms. The van der Waals surface area contributed by atoms with Crippen LogP contribution in [0.4, 0.5) is 0 Å². The largest absolute Gasteiger partial charge is 0.265 e. The van der Waals surface area contributed by atoms with Gasteiger partial charge in [0.15, 0.2) is 0 Å². The molecule has 132 valence electrons. The Hall–Kier alpha value is -1.28. The molecular formula is C22H26Cl2Si. The second kappa shape index (κ2) is 8.89. The fraction of sp³-hybridized carbons (Fsp3) is 0.273. The molecule has 0 nitrogen and oxygen atoms in total. The van der Waals surface area contributed by atoms with Gasteiger partial charge in [0.2, 0.25) is 0 Å². The van der Waals surface area contributed by atoms with Gasteiger partial charge in [-0.3, -0.25) is 0 Å². The second-order valence-corrected chi connectivity index (χ2v) is 13.4. The maximum atomic E-state index is 7.18. The lowest BCUT2D eigenvalue weighted by Crippen LogP contribution is -2.37. The van der Waals surface area contributed by atoms with Crippen molar-refractivity contribution in [2.24, 2.45) is 0 Å². The van der Waals surface area contributed by atoms with Gasteiger partial charge in [0, 0.05) is 11.1 Å². The third-order valence-corrected chi connectivity index (χ3v) is 11.3. The van der Waals surface area contributed by atoms with E-state index in [0.717, 1.165) is 24.0 Å². The molecule has 0 aliphatic rings. The number of rotatable bonds is 8. The standard InChI is InChI=1S/C22H26Cl2Si/c1-5-17-11-9-13-19(15-17)21(7-3)25(23,24)22(8-4)20-14-10-12-18(6-2)16-20/h5-6,9-16,21-22H,1-2,7-8H2,3-4H3. The molecule has 0 bridgehead atoms. The predicted octanol–water partition coefficient (Wildman–Crippen LogP) is 7.66. The van der Waals surface area contributed by atoms with Crippen molar-refractivity contribution in [3.63, 3.8) is 0 Å². The first-order valence-electron chi connectivity index (χ1n) is 8.80. The molecule has 0 fully saturated rings. The van der Waals surface area contributed by atoms with Gasteiger partial charge in [0.25, 0.3) is 6.69 Å². The van der Waals surface area contributed by atoms with Crippen LogP contribution in [0.3, 0.4) is 0 Å². The molecule has 0 amide bonds. The highest BCUT2D eigenvalue weighted by Gasteiger charge is 2.45. The molecule has 2 unspecified atom stereocenters. The summed E-state index contributed by atoms with van der Waals surface area (Å²) in [6.07, 6.45) is 5.59. The van der Waals surface area contributed by atoms with E-state index in [9.17, 15) is 0 Å². The summed E-state index contributed by atoms with van der Waals surface area (Å²) in [6, 6.07) is 16.8. The molecule has 2 atom stereocenters. The van der Waals surface area contributed by atoms with E-state index in [4.69, 9.17) is 22.2 Å². The lowest BCUT2D eigenvalue weighted by molar-refractivity contribution is 0.790. The first-order chi connectivity index (χ1) is 12.0. The van der Waals surface area contributed by atoms with E-state index < -0.39 is 6.69 Å². The smallest absolute Gasteiger partial charge is 0.145 e. The van der Waals surface area contributed by atoms with Gasteiger partial charge in [0.05, 0.1) is 0 Å². The molecule has 2 rings (SSSR count). The van der Waals surface area contributed by atoms with Crippen molar-refractivity contribution in [3.05, 3.63) is 83.9 Å². The minimum absolute atomic E-state index is 0.174. The van der Waals surface area contributed by atoms with Crippen LogP contribution in [0, 0.1) is 0 Å². The summed E-state index contributed by atoms with van der Waals surface area (Å²) >= 11 is 14.4. The van der Waals surface area contributed by atoms with E-state index in [1.54, 1.807) is 0 Å². The summed E-state index contributed by atoms with van der Waals surface area (Å²) in [7, 11) is 0. The van der Waals surface area contributed by atoms with Crippen molar-refractivity contribution in [1.29, 1.82) is 0 Å². The van der Waals surface area contributed by atoms with Gasteiger partial charge in [0.1, 0.15) is 0 Å². The highest BCUT2D eigenvalue weighted by atomic mass is 35.7. The maximum absolute atomic E-state index is 7.18. The van der Waals surface area contributed by atoms with Crippen LogP contribution >= 0.6 is 22.2 Å². The van der Waals surface area contributed by atoms with E-state index in [-0.39, 0.29) is 11.1 Å². The number of hydrogen-bond acceptors (Lipinski definition) is 0. The van der Waals surface area contributed by atoms with E-state index in [1.165, 1.54) is 11.1 Å². The van der Waals surface area contributed by atoms with E-state index >= 15 is 0 Å². The van der Waals surface area contributed by atoms with Crippen LogP contribution < -0.4 is 0 Å². The first kappa shape index (κ1) is 20.0. The van der Waals surface area contributed by atoms with Crippen LogP contribution in [0.1, 0.15) is 60.0 Å². The Morgan fingerprint density at radius 1 is 0.840 bits per heavy atom. The molecule has 0 saturated heterocycles. The van der Waals surface area contributed by atoms with Crippen LogP contribution in [0.5, 0.6) is 0 Å². The topological polar surface area (TPSA) is 0 Å². The molecule has 0 N–H and O–H groups in total. The van der Waals surface area contributed by atoms with Gasteiger partial charge >= 0.3 is 0 Å². The Morgan fingerprint density at radius 3 is 1.56 bits per heavy atom. The fourth-order valence-corrected chi connectivity index (χ4v) is 9.69. The minimum Gasteiger partial charge on any atom is -0.145 e. The van der Waals surface area contributed by atoms with E-state index in [0.29, 0.717) is 0 Å². The third-order valence-electron chi connectivity index (χ3n) is 4.84. The average molecular weight is 389 g/mol. The Morgan fingerprint density at radius 2 is 1.24 bits per heavy atom. The van der Waals surface area contributed by atoms with Gasteiger partial charge in [-0.05, 0) is 35.1 Å². The second-order valence-electron chi connectivity index (χ2n) is 6.34. The summed E-state index contributed by atoms with van der Waals surface area (Å²) in [5.74, 6) is 0. The first-order valence-corrected chi connectivity index (χ1v) is 13.0. The zero-order valence-corrected chi connectivity index (χ0v) is 17.5.